The van der Waals surface area contributed by atoms with E-state index in [-0.39, 0.29) is 17.8 Å². The molecule has 0 aliphatic carbocycles. The maximum atomic E-state index is 13.1. The van der Waals surface area contributed by atoms with Gasteiger partial charge in [-0.3, -0.25) is 4.79 Å². The first kappa shape index (κ1) is 15.7. The normalized spacial score (nSPS) is 15.9. The fourth-order valence-corrected chi connectivity index (χ4v) is 3.21. The molecule has 1 saturated heterocycles. The number of carbonyl (C=O) groups excluding carboxylic acids is 1. The van der Waals surface area contributed by atoms with Gasteiger partial charge in [0.1, 0.15) is 5.82 Å². The van der Waals surface area contributed by atoms with Crippen LogP contribution in [-0.2, 0) is 0 Å². The number of hydrogen-bond donors (Lipinski definition) is 1. The van der Waals surface area contributed by atoms with Crippen LogP contribution in [-0.4, -0.2) is 39.7 Å². The molecule has 1 aliphatic heterocycles. The van der Waals surface area contributed by atoms with Gasteiger partial charge < -0.3 is 14.6 Å². The van der Waals surface area contributed by atoms with Crippen molar-refractivity contribution in [1.82, 2.24) is 9.47 Å². The topological polar surface area (TPSA) is 45.5 Å². The molecule has 3 rings (SSSR count). The Bertz CT molecular complexity index is 713. The number of aromatic nitrogens is 1. The summed E-state index contributed by atoms with van der Waals surface area (Å²) < 4.78 is 15.1. The zero-order valence-electron chi connectivity index (χ0n) is 13.4. The van der Waals surface area contributed by atoms with Crippen molar-refractivity contribution >= 4 is 5.91 Å². The number of carbonyl (C=O) groups is 1. The minimum absolute atomic E-state index is 0.00152. The first-order valence-corrected chi connectivity index (χ1v) is 7.89. The summed E-state index contributed by atoms with van der Waals surface area (Å²) in [6.45, 7) is 5.01. The number of piperidine rings is 1. The average Bonchev–Trinajstić information content (AvgIpc) is 2.83. The molecule has 4 nitrogen and oxygen atoms in total. The monoisotopic (exact) mass is 316 g/mol. The van der Waals surface area contributed by atoms with Gasteiger partial charge in [-0.2, -0.15) is 0 Å². The van der Waals surface area contributed by atoms with Gasteiger partial charge in [0.15, 0.2) is 0 Å². The molecule has 0 spiro atoms. The number of hydrogen-bond acceptors (Lipinski definition) is 2. The first-order chi connectivity index (χ1) is 11.0. The van der Waals surface area contributed by atoms with Crippen molar-refractivity contribution in [2.45, 2.75) is 32.8 Å². The lowest BCUT2D eigenvalue weighted by molar-refractivity contribution is 0.0546. The summed E-state index contributed by atoms with van der Waals surface area (Å²) in [6.07, 6.45) is 0.955. The van der Waals surface area contributed by atoms with Crippen LogP contribution in [0.2, 0.25) is 0 Å². The number of aliphatic hydroxyl groups is 1. The second-order valence-corrected chi connectivity index (χ2v) is 6.12. The number of rotatable bonds is 2. The summed E-state index contributed by atoms with van der Waals surface area (Å²) in [5, 5.41) is 9.58. The molecular formula is C18H21FN2O2. The van der Waals surface area contributed by atoms with E-state index in [0.29, 0.717) is 31.5 Å². The summed E-state index contributed by atoms with van der Waals surface area (Å²) in [4.78, 5) is 14.5. The number of nitrogens with zero attached hydrogens (tertiary/aromatic N) is 2. The third-order valence-corrected chi connectivity index (χ3v) is 4.50. The lowest BCUT2D eigenvalue weighted by Gasteiger charge is -2.29. The summed E-state index contributed by atoms with van der Waals surface area (Å²) >= 11 is 0. The number of amides is 1. The van der Waals surface area contributed by atoms with Crippen LogP contribution in [0.5, 0.6) is 0 Å². The molecule has 122 valence electrons. The molecule has 1 aromatic heterocycles. The van der Waals surface area contributed by atoms with Gasteiger partial charge in [-0.25, -0.2) is 4.39 Å². The minimum Gasteiger partial charge on any atom is -0.393 e. The van der Waals surface area contributed by atoms with Crippen molar-refractivity contribution in [3.8, 4) is 5.69 Å². The highest BCUT2D eigenvalue weighted by Crippen LogP contribution is 2.23. The minimum atomic E-state index is -0.300. The van der Waals surface area contributed by atoms with Crippen LogP contribution in [0.3, 0.4) is 0 Å². The van der Waals surface area contributed by atoms with E-state index in [9.17, 15) is 14.3 Å². The number of aliphatic hydroxyl groups excluding tert-OH is 1. The second kappa shape index (κ2) is 6.16. The van der Waals surface area contributed by atoms with E-state index in [2.05, 4.69) is 0 Å². The van der Waals surface area contributed by atoms with E-state index in [0.717, 1.165) is 17.1 Å². The smallest absolute Gasteiger partial charge is 0.255 e. The molecule has 1 fully saturated rings. The predicted octanol–water partition coefficient (Wildman–Crippen LogP) is 2.83. The number of halogens is 1. The Morgan fingerprint density at radius 3 is 2.39 bits per heavy atom. The van der Waals surface area contributed by atoms with Crippen molar-refractivity contribution in [3.63, 3.8) is 0 Å². The lowest BCUT2D eigenvalue weighted by Crippen LogP contribution is -2.40. The van der Waals surface area contributed by atoms with Crippen molar-refractivity contribution in [2.75, 3.05) is 13.1 Å². The van der Waals surface area contributed by atoms with E-state index < -0.39 is 0 Å². The van der Waals surface area contributed by atoms with Crippen LogP contribution >= 0.6 is 0 Å². The Kier molecular flexibility index (Phi) is 4.22. The molecule has 0 bridgehead atoms. The Balaban J connectivity index is 1.91. The number of benzene rings is 1. The van der Waals surface area contributed by atoms with Gasteiger partial charge in [0.05, 0.1) is 11.7 Å². The van der Waals surface area contributed by atoms with E-state index in [4.69, 9.17) is 0 Å². The Morgan fingerprint density at radius 1 is 1.17 bits per heavy atom. The van der Waals surface area contributed by atoms with Gasteiger partial charge in [0, 0.05) is 30.2 Å². The fraction of sp³-hybridized carbons (Fsp3) is 0.389. The molecule has 1 aromatic carbocycles. The first-order valence-electron chi connectivity index (χ1n) is 7.89. The van der Waals surface area contributed by atoms with Crippen LogP contribution in [0.1, 0.15) is 34.6 Å². The second-order valence-electron chi connectivity index (χ2n) is 6.12. The van der Waals surface area contributed by atoms with Gasteiger partial charge in [-0.1, -0.05) is 0 Å². The van der Waals surface area contributed by atoms with Crippen LogP contribution in [0.25, 0.3) is 5.69 Å². The molecule has 5 heteroatoms. The fourth-order valence-electron chi connectivity index (χ4n) is 3.21. The molecule has 0 unspecified atom stereocenters. The largest absolute Gasteiger partial charge is 0.393 e. The van der Waals surface area contributed by atoms with Gasteiger partial charge in [-0.15, -0.1) is 0 Å². The Labute approximate surface area is 135 Å². The molecule has 23 heavy (non-hydrogen) atoms. The van der Waals surface area contributed by atoms with Crippen LogP contribution in [0.4, 0.5) is 4.39 Å². The van der Waals surface area contributed by atoms with Crippen LogP contribution in [0.15, 0.2) is 30.3 Å². The van der Waals surface area contributed by atoms with Crippen LogP contribution < -0.4 is 0 Å². The van der Waals surface area contributed by atoms with Crippen molar-refractivity contribution in [2.24, 2.45) is 0 Å². The van der Waals surface area contributed by atoms with Gasteiger partial charge in [0.25, 0.3) is 5.91 Å². The molecule has 1 amide bonds. The molecule has 2 heterocycles. The molecule has 0 radical (unpaired) electrons. The summed E-state index contributed by atoms with van der Waals surface area (Å²) in [5.41, 5.74) is 3.30. The predicted molar refractivity (Wildman–Crippen MR) is 86.3 cm³/mol. The quantitative estimate of drug-likeness (QED) is 0.926. The summed E-state index contributed by atoms with van der Waals surface area (Å²) in [6, 6.07) is 8.14. The molecule has 1 N–H and O–H groups in total. The Hall–Kier alpha value is -2.14. The maximum absolute atomic E-state index is 13.1. The molecule has 0 saturated carbocycles. The van der Waals surface area contributed by atoms with E-state index in [1.165, 1.54) is 12.1 Å². The molecule has 1 aliphatic rings. The van der Waals surface area contributed by atoms with E-state index in [1.807, 2.05) is 24.5 Å². The van der Waals surface area contributed by atoms with Crippen LogP contribution in [0, 0.1) is 19.7 Å². The Morgan fingerprint density at radius 2 is 1.78 bits per heavy atom. The van der Waals surface area contributed by atoms with Crippen molar-refractivity contribution in [1.29, 1.82) is 0 Å². The summed E-state index contributed by atoms with van der Waals surface area (Å²) in [7, 11) is 0. The standard InChI is InChI=1S/C18H21FN2O2/c1-12-11-17(18(23)20-9-7-16(22)8-10-20)13(2)21(12)15-5-3-14(19)4-6-15/h3-6,11,16,22H,7-10H2,1-2H3. The third kappa shape index (κ3) is 3.01. The van der Waals surface area contributed by atoms with E-state index in [1.54, 1.807) is 17.0 Å². The van der Waals surface area contributed by atoms with Gasteiger partial charge in [-0.05, 0) is 57.0 Å². The highest BCUT2D eigenvalue weighted by atomic mass is 19.1. The lowest BCUT2D eigenvalue weighted by atomic mass is 10.1. The highest BCUT2D eigenvalue weighted by Gasteiger charge is 2.25. The van der Waals surface area contributed by atoms with Crippen molar-refractivity contribution < 1.29 is 14.3 Å². The third-order valence-electron chi connectivity index (χ3n) is 4.50. The van der Waals surface area contributed by atoms with Crippen molar-refractivity contribution in [3.05, 3.63) is 53.1 Å². The zero-order chi connectivity index (χ0) is 16.6. The molecule has 2 aromatic rings. The SMILES string of the molecule is Cc1cc(C(=O)N2CCC(O)CC2)c(C)n1-c1ccc(F)cc1. The van der Waals surface area contributed by atoms with E-state index >= 15 is 0 Å². The molecule has 0 atom stereocenters. The highest BCUT2D eigenvalue weighted by molar-refractivity contribution is 5.96. The zero-order valence-corrected chi connectivity index (χ0v) is 13.4. The average molecular weight is 316 g/mol. The summed E-state index contributed by atoms with van der Waals surface area (Å²) in [5.74, 6) is -0.280. The van der Waals surface area contributed by atoms with Gasteiger partial charge >= 0.3 is 0 Å². The number of likely N-dealkylation sites (tertiary alicyclic amines) is 1. The molecular weight excluding hydrogens is 295 g/mol. The maximum Gasteiger partial charge on any atom is 0.255 e. The number of aryl methyl sites for hydroxylation is 1. The van der Waals surface area contributed by atoms with Gasteiger partial charge in [0.2, 0.25) is 0 Å².